The Hall–Kier alpha value is -14.1. The molecule has 0 unspecified atom stereocenters. The van der Waals surface area contributed by atoms with Gasteiger partial charge in [-0.15, -0.1) is 0 Å². The van der Waals surface area contributed by atoms with E-state index >= 15 is 0 Å². The van der Waals surface area contributed by atoms with Gasteiger partial charge in [0.2, 0.25) is 5.78 Å². The molecule has 1 aliphatic heterocycles. The predicted molar refractivity (Wildman–Crippen MR) is 423 cm³/mol. The van der Waals surface area contributed by atoms with Gasteiger partial charge in [0, 0.05) is 94.5 Å². The summed E-state index contributed by atoms with van der Waals surface area (Å²) in [7, 11) is 0. The highest BCUT2D eigenvalue weighted by Crippen LogP contribution is 2.39. The van der Waals surface area contributed by atoms with Crippen molar-refractivity contribution in [2.45, 2.75) is 6.42 Å². The summed E-state index contributed by atoms with van der Waals surface area (Å²) in [6.07, 6.45) is 1.60. The van der Waals surface area contributed by atoms with E-state index in [1.807, 2.05) is 84.9 Å². The topological polar surface area (TPSA) is 131 Å². The molecule has 0 radical (unpaired) electrons. The van der Waals surface area contributed by atoms with Gasteiger partial charge in [0.25, 0.3) is 0 Å². The lowest BCUT2D eigenvalue weighted by molar-refractivity contribution is 0.112. The normalized spacial score (nSPS) is 12.2. The first-order valence-electron chi connectivity index (χ1n) is 34.4. The maximum atomic E-state index is 11.0. The van der Waals surface area contributed by atoms with Gasteiger partial charge in [0.15, 0.2) is 5.82 Å². The van der Waals surface area contributed by atoms with Crippen LogP contribution < -0.4 is 5.73 Å². The lowest BCUT2D eigenvalue weighted by Crippen LogP contribution is -2.16. The molecule has 0 bridgehead atoms. The second kappa shape index (κ2) is 25.0. The number of aliphatic imine (C=N–C) groups is 2. The maximum absolute atomic E-state index is 11.0. The van der Waals surface area contributed by atoms with E-state index in [1.165, 1.54) is 70.7 Å². The molecule has 0 spiro atoms. The molecular formula is C91H61N11O. The van der Waals surface area contributed by atoms with Gasteiger partial charge in [-0.05, 0) is 121 Å². The van der Waals surface area contributed by atoms with Gasteiger partial charge in [-0.3, -0.25) is 9.20 Å². The summed E-state index contributed by atoms with van der Waals surface area (Å²) in [5, 5.41) is 9.85. The minimum Gasteiger partial charge on any atom is -0.383 e. The number of carbonyl (C=O) groups excluding carboxylic acids is 1. The minimum absolute atomic E-state index is 0.481. The second-order valence-corrected chi connectivity index (χ2v) is 25.8. The molecule has 0 saturated carbocycles. The van der Waals surface area contributed by atoms with Crippen LogP contribution in [0.15, 0.2) is 350 Å². The van der Waals surface area contributed by atoms with E-state index in [1.54, 1.807) is 0 Å². The Morgan fingerprint density at radius 2 is 0.728 bits per heavy atom. The molecule has 1 aliphatic rings. The van der Waals surface area contributed by atoms with Crippen molar-refractivity contribution in [3.05, 3.63) is 356 Å². The summed E-state index contributed by atoms with van der Waals surface area (Å²) >= 11 is 0. The van der Waals surface area contributed by atoms with Crippen molar-refractivity contribution >= 4 is 128 Å². The largest absolute Gasteiger partial charge is 0.383 e. The van der Waals surface area contributed by atoms with Crippen LogP contribution in [0.4, 0.5) is 5.69 Å². The second-order valence-electron chi connectivity index (χ2n) is 25.8. The third-order valence-electron chi connectivity index (χ3n) is 19.7. The van der Waals surface area contributed by atoms with E-state index in [2.05, 4.69) is 287 Å². The molecule has 12 heteroatoms. The molecule has 486 valence electrons. The van der Waals surface area contributed by atoms with Gasteiger partial charge in [-0.2, -0.15) is 4.98 Å². The SMILES string of the molecule is NC(=NC1=Nc2ccccc2C1)c1cccc(-n2c3ccccc3c3ccccc32)c1.O=Cc1cccc(-n2c3ccccc3c3ccccc32)c1.c1cc(-c2nc(-c3cccc(-n4c5ccccc5c5ccccc54)c3)n3c(n2)nc2ccccc23)cc(-n2c3ccccc3c3ccccc32)c1. The predicted octanol–water partition coefficient (Wildman–Crippen LogP) is 21.2. The quantitative estimate of drug-likeness (QED) is 0.0920. The van der Waals surface area contributed by atoms with Gasteiger partial charge in [0.05, 0.1) is 60.9 Å². The Morgan fingerprint density at radius 3 is 1.19 bits per heavy atom. The van der Waals surface area contributed by atoms with Crippen LogP contribution in [0.25, 0.3) is 150 Å². The number of imidazole rings is 1. The van der Waals surface area contributed by atoms with Crippen LogP contribution in [0, 0.1) is 0 Å². The van der Waals surface area contributed by atoms with E-state index in [9.17, 15) is 4.79 Å². The van der Waals surface area contributed by atoms with Crippen molar-refractivity contribution in [3.63, 3.8) is 0 Å². The molecule has 0 amide bonds. The van der Waals surface area contributed by atoms with Crippen LogP contribution in [0.5, 0.6) is 0 Å². The van der Waals surface area contributed by atoms with Gasteiger partial charge in [0.1, 0.15) is 23.8 Å². The number of para-hydroxylation sites is 11. The molecule has 0 atom stereocenters. The van der Waals surface area contributed by atoms with Crippen LogP contribution >= 0.6 is 0 Å². The first-order chi connectivity index (χ1) is 51.0. The number of aromatic nitrogens is 8. The van der Waals surface area contributed by atoms with Crippen molar-refractivity contribution in [3.8, 4) is 45.5 Å². The van der Waals surface area contributed by atoms with Crippen LogP contribution in [0.1, 0.15) is 21.5 Å². The van der Waals surface area contributed by atoms with Crippen molar-refractivity contribution in [2.75, 3.05) is 0 Å². The summed E-state index contributed by atoms with van der Waals surface area (Å²) in [4.78, 5) is 35.7. The number of rotatable bonds is 8. The number of benzene rings is 14. The molecule has 0 saturated heterocycles. The molecule has 103 heavy (non-hydrogen) atoms. The number of amidine groups is 2. The van der Waals surface area contributed by atoms with Crippen molar-refractivity contribution in [2.24, 2.45) is 15.7 Å². The van der Waals surface area contributed by atoms with E-state index in [-0.39, 0.29) is 0 Å². The fourth-order valence-corrected chi connectivity index (χ4v) is 15.2. The fourth-order valence-electron chi connectivity index (χ4n) is 15.2. The molecule has 20 aromatic rings. The van der Waals surface area contributed by atoms with E-state index in [0.717, 1.165) is 96.2 Å². The lowest BCUT2D eigenvalue weighted by Gasteiger charge is -2.13. The Kier molecular flexibility index (Phi) is 14.6. The number of fused-ring (bicyclic) bond motifs is 16. The highest BCUT2D eigenvalue weighted by molar-refractivity contribution is 6.13. The smallest absolute Gasteiger partial charge is 0.238 e. The van der Waals surface area contributed by atoms with E-state index in [0.29, 0.717) is 29.4 Å². The van der Waals surface area contributed by atoms with Gasteiger partial charge >= 0.3 is 0 Å². The standard InChI is InChI=1S/C45H28N6.C27H20N4.C19H13NO/c1-6-22-38-33(17-1)34-18-2-7-23-39(34)49(38)31-15-11-13-29(27-31)43-47-44(51-42-26-10-5-21-37(42)46-45(51)48-43)30-14-12-16-32(28-30)50-40-24-8-3-19-35(40)36-20-4-9-25-41(36)50;28-27(30-26-17-18-8-1-4-13-23(18)29-26)19-9-7-10-20(16-19)31-24-14-5-2-11-21(24)22-12-3-6-15-25(22)31;21-13-14-6-5-7-15(12-14)20-18-10-3-1-8-16(18)17-9-2-4-11-19(17)20/h1-28H;1-16H,17H2,(H2,28,29,30);1-13H. The molecule has 12 nitrogen and oxygen atoms in total. The molecule has 2 N–H and O–H groups in total. The van der Waals surface area contributed by atoms with E-state index in [4.69, 9.17) is 20.7 Å². The average Bonchev–Trinajstić information content (AvgIpc) is 1.64. The molecule has 14 aromatic carbocycles. The molecule has 6 aromatic heterocycles. The monoisotopic (exact) mass is 1320 g/mol. The van der Waals surface area contributed by atoms with Crippen molar-refractivity contribution in [1.29, 1.82) is 0 Å². The summed E-state index contributed by atoms with van der Waals surface area (Å²) < 4.78 is 11.2. The van der Waals surface area contributed by atoms with Crippen molar-refractivity contribution in [1.82, 2.24) is 37.6 Å². The van der Waals surface area contributed by atoms with Crippen LogP contribution in [-0.2, 0) is 6.42 Å². The third kappa shape index (κ3) is 10.4. The van der Waals surface area contributed by atoms with Crippen molar-refractivity contribution < 1.29 is 4.79 Å². The average molecular weight is 1320 g/mol. The molecule has 21 rings (SSSR count). The maximum Gasteiger partial charge on any atom is 0.238 e. The van der Waals surface area contributed by atoms with E-state index < -0.39 is 0 Å². The zero-order valence-corrected chi connectivity index (χ0v) is 55.6. The number of carbonyl (C=O) groups is 1. The first kappa shape index (κ1) is 60.1. The van der Waals surface area contributed by atoms with Gasteiger partial charge in [-0.1, -0.05) is 224 Å². The third-order valence-corrected chi connectivity index (χ3v) is 19.7. The molecule has 0 fully saturated rings. The summed E-state index contributed by atoms with van der Waals surface area (Å²) in [6, 6.07) is 117. The summed E-state index contributed by atoms with van der Waals surface area (Å²) in [5.74, 6) is 3.25. The fraction of sp³-hybridized carbons (Fsp3) is 0.0110. The molecule has 7 heterocycles. The first-order valence-corrected chi connectivity index (χ1v) is 34.4. The van der Waals surface area contributed by atoms with Crippen LogP contribution in [0.2, 0.25) is 0 Å². The Labute approximate surface area is 590 Å². The highest BCUT2D eigenvalue weighted by Gasteiger charge is 2.22. The number of nitrogens with two attached hydrogens (primary N) is 1. The van der Waals surface area contributed by atoms with Crippen LogP contribution in [-0.4, -0.2) is 55.6 Å². The van der Waals surface area contributed by atoms with Gasteiger partial charge < -0.3 is 24.0 Å². The van der Waals surface area contributed by atoms with Crippen LogP contribution in [0.3, 0.4) is 0 Å². The number of hydrogen-bond donors (Lipinski definition) is 1. The Morgan fingerprint density at radius 1 is 0.350 bits per heavy atom. The molecule has 0 aliphatic carbocycles. The molecular weight excluding hydrogens is 1260 g/mol. The summed E-state index contributed by atoms with van der Waals surface area (Å²) in [6.45, 7) is 0. The highest BCUT2D eigenvalue weighted by atomic mass is 16.1. The lowest BCUT2D eigenvalue weighted by atomic mass is 10.1. The zero-order valence-electron chi connectivity index (χ0n) is 55.6. The Balaban J connectivity index is 0.000000119. The minimum atomic E-state index is 0.481. The number of hydrogen-bond acceptors (Lipinski definition) is 6. The Bertz CT molecular complexity index is 6640. The summed E-state index contributed by atoms with van der Waals surface area (Å²) in [5.41, 5.74) is 27.4. The zero-order chi connectivity index (χ0) is 68.5. The van der Waals surface area contributed by atoms with Gasteiger partial charge in [-0.25, -0.2) is 20.0 Å². The number of nitrogens with zero attached hydrogens (tertiary/aromatic N) is 10. The number of aldehydes is 1.